The van der Waals surface area contributed by atoms with Gasteiger partial charge in [0.2, 0.25) is 0 Å². The number of fused-ring (bicyclic) bond motifs is 1. The molecule has 1 atom stereocenters. The van der Waals surface area contributed by atoms with Crippen LogP contribution in [0.3, 0.4) is 0 Å². The van der Waals surface area contributed by atoms with Crippen molar-refractivity contribution in [3.8, 4) is 0 Å². The molecule has 0 saturated heterocycles. The highest BCUT2D eigenvalue weighted by Gasteiger charge is 2.17. The number of rotatable bonds is 3. The quantitative estimate of drug-likeness (QED) is 0.781. The summed E-state index contributed by atoms with van der Waals surface area (Å²) >= 11 is 5.97. The van der Waals surface area contributed by atoms with E-state index in [4.69, 9.17) is 11.6 Å². The van der Waals surface area contributed by atoms with Gasteiger partial charge >= 0.3 is 0 Å². The summed E-state index contributed by atoms with van der Waals surface area (Å²) in [7, 11) is 1.59. The summed E-state index contributed by atoms with van der Waals surface area (Å²) in [6.07, 6.45) is 0. The van der Waals surface area contributed by atoms with Gasteiger partial charge in [-0.05, 0) is 43.3 Å². The van der Waals surface area contributed by atoms with E-state index in [0.717, 1.165) is 6.07 Å². The average Bonchev–Trinajstić information content (AvgIpc) is 2.57. The SMILES string of the molecule is C[C@@H](NC(=O)c1cccc(F)c1)c1nc2cc(Cl)ccc2c(=O)n1C. The van der Waals surface area contributed by atoms with Gasteiger partial charge in [-0.3, -0.25) is 14.2 Å². The highest BCUT2D eigenvalue weighted by molar-refractivity contribution is 6.31. The number of hydrogen-bond acceptors (Lipinski definition) is 3. The van der Waals surface area contributed by atoms with Gasteiger partial charge in [0.05, 0.1) is 16.9 Å². The zero-order valence-electron chi connectivity index (χ0n) is 13.6. The molecule has 0 bridgehead atoms. The van der Waals surface area contributed by atoms with Gasteiger partial charge in [-0.1, -0.05) is 17.7 Å². The van der Waals surface area contributed by atoms with Crippen molar-refractivity contribution in [2.24, 2.45) is 7.05 Å². The number of aromatic nitrogens is 2. The number of carbonyl (C=O) groups is 1. The van der Waals surface area contributed by atoms with E-state index in [1.807, 2.05) is 0 Å². The second-order valence-corrected chi connectivity index (χ2v) is 6.14. The van der Waals surface area contributed by atoms with Crippen LogP contribution in [0, 0.1) is 5.82 Å². The number of hydrogen-bond donors (Lipinski definition) is 1. The van der Waals surface area contributed by atoms with E-state index in [1.54, 1.807) is 32.2 Å². The van der Waals surface area contributed by atoms with Crippen molar-refractivity contribution in [1.29, 1.82) is 0 Å². The highest BCUT2D eigenvalue weighted by atomic mass is 35.5. The van der Waals surface area contributed by atoms with Gasteiger partial charge < -0.3 is 5.32 Å². The highest BCUT2D eigenvalue weighted by Crippen LogP contribution is 2.18. The number of amides is 1. The summed E-state index contributed by atoms with van der Waals surface area (Å²) < 4.78 is 14.6. The molecular formula is C18H15ClFN3O2. The summed E-state index contributed by atoms with van der Waals surface area (Å²) in [6, 6.07) is 9.67. The maximum atomic E-state index is 13.3. The number of halogens is 2. The Labute approximate surface area is 148 Å². The van der Waals surface area contributed by atoms with Gasteiger partial charge in [0.1, 0.15) is 11.6 Å². The zero-order valence-corrected chi connectivity index (χ0v) is 14.3. The van der Waals surface area contributed by atoms with E-state index in [0.29, 0.717) is 21.7 Å². The van der Waals surface area contributed by atoms with Crippen LogP contribution < -0.4 is 10.9 Å². The molecule has 0 spiro atoms. The van der Waals surface area contributed by atoms with E-state index in [-0.39, 0.29) is 11.1 Å². The summed E-state index contributed by atoms with van der Waals surface area (Å²) in [4.78, 5) is 29.2. The lowest BCUT2D eigenvalue weighted by Gasteiger charge is -2.17. The lowest BCUT2D eigenvalue weighted by Crippen LogP contribution is -2.32. The first-order chi connectivity index (χ1) is 11.9. The third-order valence-electron chi connectivity index (χ3n) is 3.90. The molecule has 0 aliphatic heterocycles. The summed E-state index contributed by atoms with van der Waals surface area (Å²) in [5.41, 5.74) is 0.418. The molecule has 0 radical (unpaired) electrons. The second-order valence-electron chi connectivity index (χ2n) is 5.70. The molecule has 25 heavy (non-hydrogen) atoms. The molecule has 128 valence electrons. The first kappa shape index (κ1) is 17.1. The Bertz CT molecular complexity index is 1030. The van der Waals surface area contributed by atoms with Gasteiger partial charge in [-0.25, -0.2) is 9.37 Å². The lowest BCUT2D eigenvalue weighted by atomic mass is 10.2. The van der Waals surface area contributed by atoms with E-state index >= 15 is 0 Å². The van der Waals surface area contributed by atoms with Crippen LogP contribution in [0.15, 0.2) is 47.3 Å². The Morgan fingerprint density at radius 3 is 2.76 bits per heavy atom. The standard InChI is InChI=1S/C18H15ClFN3O2/c1-10(21-17(24)11-4-3-5-13(20)8-11)16-22-15-9-12(19)6-7-14(15)18(25)23(16)2/h3-10H,1-2H3,(H,21,24)/t10-/m1/s1. The fraction of sp³-hybridized carbons (Fsp3) is 0.167. The zero-order chi connectivity index (χ0) is 18.1. The van der Waals surface area contributed by atoms with Crippen molar-refractivity contribution in [3.63, 3.8) is 0 Å². The molecule has 7 heteroatoms. The van der Waals surface area contributed by atoms with Crippen molar-refractivity contribution >= 4 is 28.4 Å². The van der Waals surface area contributed by atoms with Crippen LogP contribution in [0.1, 0.15) is 29.1 Å². The average molecular weight is 360 g/mol. The molecule has 0 unspecified atom stereocenters. The minimum atomic E-state index is -0.558. The Hall–Kier alpha value is -2.73. The van der Waals surface area contributed by atoms with Crippen LogP contribution in [0.2, 0.25) is 5.02 Å². The summed E-state index contributed by atoms with van der Waals surface area (Å²) in [5, 5.41) is 3.64. The molecule has 0 saturated carbocycles. The number of nitrogens with zero attached hydrogens (tertiary/aromatic N) is 2. The largest absolute Gasteiger partial charge is 0.342 e. The van der Waals surface area contributed by atoms with Crippen LogP contribution in [0.4, 0.5) is 4.39 Å². The predicted octanol–water partition coefficient (Wildman–Crippen LogP) is 3.22. The molecule has 0 aliphatic carbocycles. The first-order valence-electron chi connectivity index (χ1n) is 7.59. The van der Waals surface area contributed by atoms with E-state index in [9.17, 15) is 14.0 Å². The minimum absolute atomic E-state index is 0.195. The predicted molar refractivity (Wildman–Crippen MR) is 94.3 cm³/mol. The normalized spacial score (nSPS) is 12.2. The number of benzene rings is 2. The maximum absolute atomic E-state index is 13.3. The summed E-state index contributed by atoms with van der Waals surface area (Å²) in [5.74, 6) is -0.567. The maximum Gasteiger partial charge on any atom is 0.261 e. The van der Waals surface area contributed by atoms with Gasteiger partial charge in [0, 0.05) is 17.6 Å². The molecule has 1 heterocycles. The molecule has 5 nitrogen and oxygen atoms in total. The third-order valence-corrected chi connectivity index (χ3v) is 4.13. The smallest absolute Gasteiger partial charge is 0.261 e. The van der Waals surface area contributed by atoms with Gasteiger partial charge in [0.15, 0.2) is 0 Å². The second kappa shape index (κ2) is 6.64. The lowest BCUT2D eigenvalue weighted by molar-refractivity contribution is 0.0937. The Kier molecular flexibility index (Phi) is 4.55. The van der Waals surface area contributed by atoms with Gasteiger partial charge in [-0.2, -0.15) is 0 Å². The molecule has 0 aliphatic rings. The van der Waals surface area contributed by atoms with Crippen LogP contribution in [0.5, 0.6) is 0 Å². The first-order valence-corrected chi connectivity index (χ1v) is 7.97. The topological polar surface area (TPSA) is 64.0 Å². The minimum Gasteiger partial charge on any atom is -0.342 e. The van der Waals surface area contributed by atoms with E-state index in [2.05, 4.69) is 10.3 Å². The van der Waals surface area contributed by atoms with Crippen LogP contribution in [-0.2, 0) is 7.05 Å². The van der Waals surface area contributed by atoms with Crippen molar-refractivity contribution in [2.75, 3.05) is 0 Å². The number of nitrogens with one attached hydrogen (secondary N) is 1. The molecule has 1 aromatic heterocycles. The van der Waals surface area contributed by atoms with E-state index < -0.39 is 17.8 Å². The Balaban J connectivity index is 1.96. The molecule has 3 rings (SSSR count). The van der Waals surface area contributed by atoms with Gasteiger partial charge in [0.25, 0.3) is 11.5 Å². The molecule has 2 aromatic carbocycles. The van der Waals surface area contributed by atoms with Crippen molar-refractivity contribution in [2.45, 2.75) is 13.0 Å². The van der Waals surface area contributed by atoms with Crippen LogP contribution >= 0.6 is 11.6 Å². The van der Waals surface area contributed by atoms with E-state index in [1.165, 1.54) is 22.8 Å². The number of carbonyl (C=O) groups excluding carboxylic acids is 1. The Morgan fingerprint density at radius 2 is 2.04 bits per heavy atom. The van der Waals surface area contributed by atoms with Gasteiger partial charge in [-0.15, -0.1) is 0 Å². The molecular weight excluding hydrogens is 345 g/mol. The van der Waals surface area contributed by atoms with Crippen molar-refractivity contribution < 1.29 is 9.18 Å². The van der Waals surface area contributed by atoms with Crippen LogP contribution in [0.25, 0.3) is 10.9 Å². The molecule has 1 N–H and O–H groups in total. The van der Waals surface area contributed by atoms with Crippen LogP contribution in [-0.4, -0.2) is 15.5 Å². The Morgan fingerprint density at radius 1 is 1.28 bits per heavy atom. The monoisotopic (exact) mass is 359 g/mol. The molecule has 1 amide bonds. The fourth-order valence-electron chi connectivity index (χ4n) is 2.62. The third kappa shape index (κ3) is 3.39. The molecule has 3 aromatic rings. The molecule has 0 fully saturated rings. The van der Waals surface area contributed by atoms with Crippen molar-refractivity contribution in [1.82, 2.24) is 14.9 Å². The summed E-state index contributed by atoms with van der Waals surface area (Å²) in [6.45, 7) is 1.70. The fourth-order valence-corrected chi connectivity index (χ4v) is 2.79. The van der Waals surface area contributed by atoms with Crippen molar-refractivity contribution in [3.05, 3.63) is 75.0 Å².